The lowest BCUT2D eigenvalue weighted by atomic mass is 9.76. The quantitative estimate of drug-likeness (QED) is 0.855. The van der Waals surface area contributed by atoms with Crippen LogP contribution < -0.4 is 0 Å². The van der Waals surface area contributed by atoms with Gasteiger partial charge in [-0.3, -0.25) is 9.59 Å². The molecule has 1 saturated heterocycles. The Hall–Kier alpha value is -1.95. The molecule has 0 spiro atoms. The normalized spacial score (nSPS) is 20.5. The first-order valence-electron chi connectivity index (χ1n) is 8.78. The van der Waals surface area contributed by atoms with Crippen LogP contribution in [0.4, 0.5) is 0 Å². The predicted octanol–water partition coefficient (Wildman–Crippen LogP) is 3.58. The molecule has 1 aliphatic rings. The molecule has 2 aromatic rings. The first-order valence-corrected chi connectivity index (χ1v) is 9.59. The van der Waals surface area contributed by atoms with Gasteiger partial charge in [-0.25, -0.2) is 4.98 Å². The summed E-state index contributed by atoms with van der Waals surface area (Å²) >= 11 is 1.68. The number of carbonyl (C=O) groups excluding carboxylic acids is 1. The molecule has 5 nitrogen and oxygen atoms in total. The fraction of sp³-hybridized carbons (Fsp3) is 0.526. The molecule has 1 aromatic carbocycles. The van der Waals surface area contributed by atoms with Crippen LogP contribution >= 0.6 is 11.3 Å². The lowest BCUT2D eigenvalue weighted by Gasteiger charge is -2.28. The smallest absolute Gasteiger partial charge is 0.311 e. The number of carboxylic acids is 1. The summed E-state index contributed by atoms with van der Waals surface area (Å²) < 4.78 is 1.17. The van der Waals surface area contributed by atoms with Crippen molar-refractivity contribution in [2.45, 2.75) is 39.5 Å². The molecule has 134 valence electrons. The highest BCUT2D eigenvalue weighted by molar-refractivity contribution is 7.18. The Morgan fingerprint density at radius 3 is 2.76 bits per heavy atom. The Morgan fingerprint density at radius 2 is 2.12 bits per heavy atom. The summed E-state index contributed by atoms with van der Waals surface area (Å²) in [7, 11) is 0. The molecule has 3 rings (SSSR count). The Bertz CT molecular complexity index is 753. The fourth-order valence-corrected chi connectivity index (χ4v) is 4.52. The summed E-state index contributed by atoms with van der Waals surface area (Å²) in [5.41, 5.74) is 0.222. The molecule has 25 heavy (non-hydrogen) atoms. The highest BCUT2D eigenvalue weighted by atomic mass is 32.1. The Balaban J connectivity index is 1.54. The number of rotatable bonds is 6. The number of aliphatic carboxylic acids is 1. The second-order valence-electron chi connectivity index (χ2n) is 7.11. The zero-order valence-corrected chi connectivity index (χ0v) is 15.5. The van der Waals surface area contributed by atoms with Crippen molar-refractivity contribution in [2.24, 2.45) is 11.3 Å². The van der Waals surface area contributed by atoms with Gasteiger partial charge in [0.25, 0.3) is 0 Å². The van der Waals surface area contributed by atoms with Gasteiger partial charge in [0.15, 0.2) is 0 Å². The molecule has 0 saturated carbocycles. The number of hydrogen-bond acceptors (Lipinski definition) is 4. The van der Waals surface area contributed by atoms with Crippen LogP contribution in [-0.4, -0.2) is 40.0 Å². The van der Waals surface area contributed by atoms with Gasteiger partial charge < -0.3 is 10.0 Å². The number of amides is 1. The van der Waals surface area contributed by atoms with Crippen molar-refractivity contribution in [2.75, 3.05) is 13.1 Å². The molecule has 1 aliphatic heterocycles. The maximum absolute atomic E-state index is 12.5. The second-order valence-corrected chi connectivity index (χ2v) is 8.23. The molecular formula is C19H24N2O3S. The highest BCUT2D eigenvalue weighted by Crippen LogP contribution is 2.38. The van der Waals surface area contributed by atoms with E-state index in [4.69, 9.17) is 0 Å². The summed E-state index contributed by atoms with van der Waals surface area (Å²) in [4.78, 5) is 30.5. The van der Waals surface area contributed by atoms with Crippen molar-refractivity contribution >= 4 is 33.4 Å². The molecule has 0 bridgehead atoms. The monoisotopic (exact) mass is 360 g/mol. The molecule has 0 aliphatic carbocycles. The van der Waals surface area contributed by atoms with E-state index in [9.17, 15) is 14.7 Å². The minimum atomic E-state index is -0.789. The SMILES string of the molecule is CC(C)C1(C(=O)O)CCN(C(=O)CCCc2nc3ccccc3s2)C1. The van der Waals surface area contributed by atoms with Crippen molar-refractivity contribution in [3.63, 3.8) is 0 Å². The third-order valence-electron chi connectivity index (χ3n) is 5.30. The van der Waals surface area contributed by atoms with Gasteiger partial charge in [-0.1, -0.05) is 26.0 Å². The number of aryl methyl sites for hydroxylation is 1. The molecule has 1 fully saturated rings. The average molecular weight is 360 g/mol. The Kier molecular flexibility index (Phi) is 5.08. The second kappa shape index (κ2) is 7.12. The molecular weight excluding hydrogens is 336 g/mol. The van der Waals surface area contributed by atoms with E-state index in [0.29, 0.717) is 25.9 Å². The molecule has 1 amide bonds. The van der Waals surface area contributed by atoms with E-state index in [-0.39, 0.29) is 11.8 Å². The van der Waals surface area contributed by atoms with Crippen LogP contribution in [0.25, 0.3) is 10.2 Å². The number of benzene rings is 1. The van der Waals surface area contributed by atoms with Gasteiger partial charge >= 0.3 is 5.97 Å². The van der Waals surface area contributed by atoms with Gasteiger partial charge in [0.2, 0.25) is 5.91 Å². The highest BCUT2D eigenvalue weighted by Gasteiger charge is 2.48. The number of aromatic nitrogens is 1. The lowest BCUT2D eigenvalue weighted by Crippen LogP contribution is -2.40. The number of hydrogen-bond donors (Lipinski definition) is 1. The van der Waals surface area contributed by atoms with Crippen molar-refractivity contribution < 1.29 is 14.7 Å². The number of fused-ring (bicyclic) bond motifs is 1. The van der Waals surface area contributed by atoms with Crippen LogP contribution in [0.2, 0.25) is 0 Å². The number of thiazole rings is 1. The number of nitrogens with zero attached hydrogens (tertiary/aromatic N) is 2. The maximum atomic E-state index is 12.5. The summed E-state index contributed by atoms with van der Waals surface area (Å²) in [6.07, 6.45) is 2.53. The minimum absolute atomic E-state index is 0.0190. The van der Waals surface area contributed by atoms with Gasteiger partial charge in [-0.15, -0.1) is 11.3 Å². The Morgan fingerprint density at radius 1 is 1.36 bits per heavy atom. The largest absolute Gasteiger partial charge is 0.481 e. The molecule has 1 unspecified atom stereocenters. The molecule has 0 radical (unpaired) electrons. The predicted molar refractivity (Wildman–Crippen MR) is 98.7 cm³/mol. The number of carbonyl (C=O) groups is 2. The molecule has 1 aromatic heterocycles. The number of likely N-dealkylation sites (tertiary alicyclic amines) is 1. The van der Waals surface area contributed by atoms with E-state index in [1.165, 1.54) is 4.70 Å². The topological polar surface area (TPSA) is 70.5 Å². The van der Waals surface area contributed by atoms with Crippen LogP contribution in [0.1, 0.15) is 38.1 Å². The van der Waals surface area contributed by atoms with Crippen LogP contribution in [0, 0.1) is 11.3 Å². The van der Waals surface area contributed by atoms with Gasteiger partial charge in [0.1, 0.15) is 0 Å². The molecule has 1 N–H and O–H groups in total. The molecule has 1 atom stereocenters. The summed E-state index contributed by atoms with van der Waals surface area (Å²) in [6.45, 7) is 4.73. The van der Waals surface area contributed by atoms with E-state index in [1.54, 1.807) is 16.2 Å². The van der Waals surface area contributed by atoms with E-state index in [1.807, 2.05) is 32.0 Å². The Labute approximate surface area is 151 Å². The minimum Gasteiger partial charge on any atom is -0.481 e. The third kappa shape index (κ3) is 3.54. The number of para-hydroxylation sites is 1. The average Bonchev–Trinajstić information content (AvgIpc) is 3.19. The van der Waals surface area contributed by atoms with E-state index >= 15 is 0 Å². The van der Waals surface area contributed by atoms with E-state index in [2.05, 4.69) is 11.1 Å². The third-order valence-corrected chi connectivity index (χ3v) is 6.40. The van der Waals surface area contributed by atoms with Gasteiger partial charge in [-0.2, -0.15) is 0 Å². The molecule has 6 heteroatoms. The summed E-state index contributed by atoms with van der Waals surface area (Å²) in [6, 6.07) is 8.04. The van der Waals surface area contributed by atoms with Crippen molar-refractivity contribution in [3.8, 4) is 0 Å². The van der Waals surface area contributed by atoms with Gasteiger partial charge in [-0.05, 0) is 37.3 Å². The fourth-order valence-electron chi connectivity index (χ4n) is 3.51. The molecule has 2 heterocycles. The van der Waals surface area contributed by atoms with E-state index < -0.39 is 11.4 Å². The van der Waals surface area contributed by atoms with Gasteiger partial charge in [0.05, 0.1) is 20.6 Å². The van der Waals surface area contributed by atoms with Crippen LogP contribution in [0.15, 0.2) is 24.3 Å². The first kappa shape index (κ1) is 17.9. The zero-order chi connectivity index (χ0) is 18.0. The van der Waals surface area contributed by atoms with E-state index in [0.717, 1.165) is 23.4 Å². The van der Waals surface area contributed by atoms with Crippen molar-refractivity contribution in [1.82, 2.24) is 9.88 Å². The van der Waals surface area contributed by atoms with Gasteiger partial charge in [0, 0.05) is 19.5 Å². The first-order chi connectivity index (χ1) is 11.9. The van der Waals surface area contributed by atoms with Crippen molar-refractivity contribution in [1.29, 1.82) is 0 Å². The standard InChI is InChI=1S/C19H24N2O3S/c1-13(2)19(18(23)24)10-11-21(12-19)17(22)9-5-8-16-20-14-6-3-4-7-15(14)25-16/h3-4,6-7,13H,5,8-12H2,1-2H3,(H,23,24). The lowest BCUT2D eigenvalue weighted by molar-refractivity contribution is -0.151. The zero-order valence-electron chi connectivity index (χ0n) is 14.7. The summed E-state index contributed by atoms with van der Waals surface area (Å²) in [5, 5.41) is 10.6. The summed E-state index contributed by atoms with van der Waals surface area (Å²) in [5.74, 6) is -0.706. The van der Waals surface area contributed by atoms with Crippen LogP contribution in [0.5, 0.6) is 0 Å². The number of carboxylic acid groups (broad SMARTS) is 1. The van der Waals surface area contributed by atoms with Crippen molar-refractivity contribution in [3.05, 3.63) is 29.3 Å². The maximum Gasteiger partial charge on any atom is 0.311 e. The van der Waals surface area contributed by atoms with Crippen LogP contribution in [-0.2, 0) is 16.0 Å². The van der Waals surface area contributed by atoms with Crippen LogP contribution in [0.3, 0.4) is 0 Å².